The Labute approximate surface area is 145 Å². The van der Waals surface area contributed by atoms with Gasteiger partial charge in [0, 0.05) is 13.6 Å². The standard InChI is InChI=1S/C17H22FN5O2/c1-12(10-25-14-7-5-13(18)6-8-14)20-17(24)23-9-3-4-15(23)16-21-19-11-22(16)2/h5-8,11-12,15H,3-4,9-10H2,1-2H3,(H,20,24). The number of ether oxygens (including phenoxy) is 1. The lowest BCUT2D eigenvalue weighted by Crippen LogP contribution is -2.45. The molecular formula is C17H22FN5O2. The third kappa shape index (κ3) is 4.07. The molecule has 1 fully saturated rings. The minimum atomic E-state index is -0.308. The molecule has 1 N–H and O–H groups in total. The third-order valence-corrected chi connectivity index (χ3v) is 4.24. The number of aromatic nitrogens is 3. The summed E-state index contributed by atoms with van der Waals surface area (Å²) in [5, 5.41) is 11.0. The largest absolute Gasteiger partial charge is 0.491 e. The minimum Gasteiger partial charge on any atom is -0.491 e. The van der Waals surface area contributed by atoms with Gasteiger partial charge in [0.25, 0.3) is 0 Å². The van der Waals surface area contributed by atoms with E-state index in [1.165, 1.54) is 12.1 Å². The fraction of sp³-hybridized carbons (Fsp3) is 0.471. The summed E-state index contributed by atoms with van der Waals surface area (Å²) in [7, 11) is 1.88. The smallest absolute Gasteiger partial charge is 0.318 e. The maximum absolute atomic E-state index is 12.9. The summed E-state index contributed by atoms with van der Waals surface area (Å²) < 4.78 is 20.3. The number of rotatable bonds is 5. The van der Waals surface area contributed by atoms with Crippen molar-refractivity contribution in [3.8, 4) is 5.75 Å². The summed E-state index contributed by atoms with van der Waals surface area (Å²) in [5.74, 6) is 1.06. The molecule has 2 aromatic rings. The molecule has 1 aliphatic heterocycles. The van der Waals surface area contributed by atoms with Gasteiger partial charge in [-0.2, -0.15) is 0 Å². The summed E-state index contributed by atoms with van der Waals surface area (Å²) in [5.41, 5.74) is 0. The Morgan fingerprint density at radius 2 is 2.20 bits per heavy atom. The summed E-state index contributed by atoms with van der Waals surface area (Å²) in [6, 6.07) is 5.43. The van der Waals surface area contributed by atoms with Gasteiger partial charge in [-0.05, 0) is 44.0 Å². The lowest BCUT2D eigenvalue weighted by molar-refractivity contribution is 0.180. The second kappa shape index (κ2) is 7.50. The number of benzene rings is 1. The molecule has 3 rings (SSSR count). The second-order valence-corrected chi connectivity index (χ2v) is 6.27. The lowest BCUT2D eigenvalue weighted by Gasteiger charge is -2.26. The lowest BCUT2D eigenvalue weighted by atomic mass is 10.2. The average Bonchev–Trinajstić information content (AvgIpc) is 3.22. The van der Waals surface area contributed by atoms with Crippen molar-refractivity contribution in [1.82, 2.24) is 25.0 Å². The molecule has 7 nitrogen and oxygen atoms in total. The predicted molar refractivity (Wildman–Crippen MR) is 89.6 cm³/mol. The Morgan fingerprint density at radius 1 is 1.44 bits per heavy atom. The number of nitrogens with one attached hydrogen (secondary N) is 1. The molecule has 1 aromatic carbocycles. The van der Waals surface area contributed by atoms with E-state index in [2.05, 4.69) is 15.5 Å². The first-order chi connectivity index (χ1) is 12.0. The molecule has 2 atom stereocenters. The van der Waals surface area contributed by atoms with Crippen LogP contribution in [0.5, 0.6) is 5.75 Å². The summed E-state index contributed by atoms with van der Waals surface area (Å²) >= 11 is 0. The number of aryl methyl sites for hydroxylation is 1. The van der Waals surface area contributed by atoms with Crippen LogP contribution in [0, 0.1) is 5.82 Å². The zero-order chi connectivity index (χ0) is 17.8. The van der Waals surface area contributed by atoms with Crippen LogP contribution in [0.15, 0.2) is 30.6 Å². The number of carbonyl (C=O) groups is 1. The Balaban J connectivity index is 1.54. The van der Waals surface area contributed by atoms with E-state index >= 15 is 0 Å². The SMILES string of the molecule is CC(COc1ccc(F)cc1)NC(=O)N1CCCC1c1nncn1C. The van der Waals surface area contributed by atoms with Gasteiger partial charge in [0.15, 0.2) is 5.82 Å². The number of likely N-dealkylation sites (tertiary alicyclic amines) is 1. The van der Waals surface area contributed by atoms with Gasteiger partial charge >= 0.3 is 6.03 Å². The molecule has 1 aromatic heterocycles. The van der Waals surface area contributed by atoms with Gasteiger partial charge < -0.3 is 19.5 Å². The van der Waals surface area contributed by atoms with Crippen LogP contribution in [0.2, 0.25) is 0 Å². The van der Waals surface area contributed by atoms with E-state index < -0.39 is 0 Å². The van der Waals surface area contributed by atoms with Crippen LogP contribution in [0.25, 0.3) is 0 Å². The highest BCUT2D eigenvalue weighted by Crippen LogP contribution is 2.30. The van der Waals surface area contributed by atoms with E-state index in [0.717, 1.165) is 18.7 Å². The number of hydrogen-bond acceptors (Lipinski definition) is 4. The first-order valence-electron chi connectivity index (χ1n) is 8.34. The van der Waals surface area contributed by atoms with Crippen molar-refractivity contribution < 1.29 is 13.9 Å². The topological polar surface area (TPSA) is 72.3 Å². The van der Waals surface area contributed by atoms with E-state index in [0.29, 0.717) is 18.9 Å². The summed E-state index contributed by atoms with van der Waals surface area (Å²) in [6.45, 7) is 2.86. The Hall–Kier alpha value is -2.64. The summed E-state index contributed by atoms with van der Waals surface area (Å²) in [4.78, 5) is 14.4. The van der Waals surface area contributed by atoms with Gasteiger partial charge in [0.1, 0.15) is 24.5 Å². The molecule has 1 saturated heterocycles. The highest BCUT2D eigenvalue weighted by atomic mass is 19.1. The number of nitrogens with zero attached hydrogens (tertiary/aromatic N) is 4. The Morgan fingerprint density at radius 3 is 2.88 bits per heavy atom. The van der Waals surface area contributed by atoms with E-state index in [1.54, 1.807) is 23.4 Å². The van der Waals surface area contributed by atoms with Gasteiger partial charge in [-0.3, -0.25) is 0 Å². The number of hydrogen-bond donors (Lipinski definition) is 1. The average molecular weight is 347 g/mol. The first kappa shape index (κ1) is 17.2. The van der Waals surface area contributed by atoms with E-state index in [4.69, 9.17) is 4.74 Å². The van der Waals surface area contributed by atoms with E-state index in [1.807, 2.05) is 18.5 Å². The molecule has 25 heavy (non-hydrogen) atoms. The van der Waals surface area contributed by atoms with Crippen LogP contribution >= 0.6 is 0 Å². The number of carbonyl (C=O) groups excluding carboxylic acids is 1. The van der Waals surface area contributed by atoms with Crippen LogP contribution in [-0.4, -0.2) is 44.9 Å². The summed E-state index contributed by atoms with van der Waals surface area (Å²) in [6.07, 6.45) is 3.45. The van der Waals surface area contributed by atoms with Gasteiger partial charge in [0.05, 0.1) is 12.1 Å². The molecule has 0 radical (unpaired) electrons. The number of urea groups is 1. The first-order valence-corrected chi connectivity index (χ1v) is 8.34. The zero-order valence-corrected chi connectivity index (χ0v) is 14.4. The van der Waals surface area contributed by atoms with Gasteiger partial charge in [-0.1, -0.05) is 0 Å². The number of halogens is 1. The van der Waals surface area contributed by atoms with Crippen molar-refractivity contribution in [1.29, 1.82) is 0 Å². The van der Waals surface area contributed by atoms with Crippen LogP contribution < -0.4 is 10.1 Å². The molecule has 1 aliphatic rings. The molecule has 2 amide bonds. The van der Waals surface area contributed by atoms with Crippen molar-refractivity contribution >= 4 is 6.03 Å². The molecule has 2 unspecified atom stereocenters. The monoisotopic (exact) mass is 347 g/mol. The van der Waals surface area contributed by atoms with E-state index in [-0.39, 0.29) is 23.9 Å². The van der Waals surface area contributed by atoms with Crippen LogP contribution in [0.3, 0.4) is 0 Å². The molecule has 2 heterocycles. The molecule has 0 saturated carbocycles. The van der Waals surface area contributed by atoms with E-state index in [9.17, 15) is 9.18 Å². The van der Waals surface area contributed by atoms with Crippen molar-refractivity contribution in [2.75, 3.05) is 13.2 Å². The second-order valence-electron chi connectivity index (χ2n) is 6.27. The number of amides is 2. The van der Waals surface area contributed by atoms with Crippen molar-refractivity contribution in [2.45, 2.75) is 31.8 Å². The van der Waals surface area contributed by atoms with Crippen molar-refractivity contribution in [3.63, 3.8) is 0 Å². The minimum absolute atomic E-state index is 0.0577. The third-order valence-electron chi connectivity index (χ3n) is 4.24. The molecule has 134 valence electrons. The molecular weight excluding hydrogens is 325 g/mol. The van der Waals surface area contributed by atoms with Gasteiger partial charge in [-0.15, -0.1) is 10.2 Å². The zero-order valence-electron chi connectivity index (χ0n) is 14.4. The highest BCUT2D eigenvalue weighted by Gasteiger charge is 2.33. The predicted octanol–water partition coefficient (Wildman–Crippen LogP) is 2.27. The normalized spacial score (nSPS) is 18.2. The quantitative estimate of drug-likeness (QED) is 0.901. The molecule has 0 aliphatic carbocycles. The Kier molecular flexibility index (Phi) is 5.16. The van der Waals surface area contributed by atoms with Crippen LogP contribution in [0.4, 0.5) is 9.18 Å². The molecule has 0 spiro atoms. The maximum Gasteiger partial charge on any atom is 0.318 e. The van der Waals surface area contributed by atoms with Gasteiger partial charge in [-0.25, -0.2) is 9.18 Å². The van der Waals surface area contributed by atoms with Crippen LogP contribution in [-0.2, 0) is 7.05 Å². The van der Waals surface area contributed by atoms with Crippen molar-refractivity contribution in [2.24, 2.45) is 7.05 Å². The van der Waals surface area contributed by atoms with Crippen LogP contribution in [0.1, 0.15) is 31.6 Å². The molecule has 0 bridgehead atoms. The van der Waals surface area contributed by atoms with Crippen molar-refractivity contribution in [3.05, 3.63) is 42.2 Å². The maximum atomic E-state index is 12.9. The fourth-order valence-electron chi connectivity index (χ4n) is 2.96. The Bertz CT molecular complexity index is 718. The highest BCUT2D eigenvalue weighted by molar-refractivity contribution is 5.75. The molecule has 8 heteroatoms. The van der Waals surface area contributed by atoms with Gasteiger partial charge in [0.2, 0.25) is 0 Å². The fourth-order valence-corrected chi connectivity index (χ4v) is 2.96.